The summed E-state index contributed by atoms with van der Waals surface area (Å²) in [4.78, 5) is 58.0. The second-order valence-corrected chi connectivity index (χ2v) is 10.7. The molecular formula is C25H31BrN8O5. The van der Waals surface area contributed by atoms with Crippen LogP contribution in [0.1, 0.15) is 26.7 Å². The van der Waals surface area contributed by atoms with Crippen molar-refractivity contribution in [2.24, 2.45) is 11.1 Å². The number of ether oxygens (including phenoxy) is 1. The molecule has 0 radical (unpaired) electrons. The number of amides is 3. The number of halogens is 1. The fourth-order valence-corrected chi connectivity index (χ4v) is 4.42. The molecule has 14 heteroatoms. The number of likely N-dealkylation sites (tertiary alicyclic amines) is 1. The molecule has 2 aromatic rings. The molecule has 2 atom stereocenters. The van der Waals surface area contributed by atoms with E-state index in [2.05, 4.69) is 47.2 Å². The van der Waals surface area contributed by atoms with Gasteiger partial charge in [-0.15, -0.1) is 0 Å². The van der Waals surface area contributed by atoms with Gasteiger partial charge in [0.1, 0.15) is 23.4 Å². The van der Waals surface area contributed by atoms with Gasteiger partial charge in [-0.25, -0.2) is 9.78 Å². The second kappa shape index (κ2) is 11.8. The molecule has 2 bridgehead atoms. The van der Waals surface area contributed by atoms with E-state index in [0.717, 1.165) is 11.4 Å². The molecule has 4 rings (SSSR count). The lowest BCUT2D eigenvalue weighted by atomic mass is 9.91. The summed E-state index contributed by atoms with van der Waals surface area (Å²) in [5.74, 6) is -0.596. The standard InChI is InChI=1S/C25H31BrN8O5/c1-25(2,22(27)37)23(38)29-9-3-8-28-20-17(26)11-31-24(33-20)32-15-6-4-14(5-7-15)30-12-19(35)34-13-16-10-18(34)21(36)39-16/h4-7,11,16,18,30H,3,8-10,12-13H2,1-2H3,(H2,27,37)(H,29,38)(H2,28,31,32,33). The number of fused-ring (bicyclic) bond motifs is 2. The first-order valence-electron chi connectivity index (χ1n) is 12.5. The normalized spacial score (nSPS) is 17.9. The molecule has 0 saturated carbocycles. The van der Waals surface area contributed by atoms with Gasteiger partial charge >= 0.3 is 5.97 Å². The van der Waals surface area contributed by atoms with E-state index in [0.29, 0.717) is 48.7 Å². The zero-order valence-electron chi connectivity index (χ0n) is 21.6. The van der Waals surface area contributed by atoms with E-state index in [1.807, 2.05) is 24.3 Å². The molecule has 0 aliphatic carbocycles. The Kier molecular flexibility index (Phi) is 8.53. The van der Waals surface area contributed by atoms with Crippen LogP contribution < -0.4 is 27.0 Å². The Balaban J connectivity index is 1.22. The molecule has 3 amide bonds. The smallest absolute Gasteiger partial charge is 0.329 e. The Morgan fingerprint density at radius 1 is 1.15 bits per heavy atom. The van der Waals surface area contributed by atoms with Crippen molar-refractivity contribution in [3.05, 3.63) is 34.9 Å². The third-order valence-corrected chi connectivity index (χ3v) is 7.16. The zero-order valence-corrected chi connectivity index (χ0v) is 23.2. The number of carbonyl (C=O) groups excluding carboxylic acids is 4. The summed E-state index contributed by atoms with van der Waals surface area (Å²) < 4.78 is 5.81. The van der Waals surface area contributed by atoms with E-state index < -0.39 is 23.3 Å². The fraction of sp³-hybridized carbons (Fsp3) is 0.440. The Bertz CT molecular complexity index is 1260. The Morgan fingerprint density at radius 2 is 1.87 bits per heavy atom. The fourth-order valence-electron chi connectivity index (χ4n) is 4.09. The van der Waals surface area contributed by atoms with E-state index in [1.165, 1.54) is 13.8 Å². The highest BCUT2D eigenvalue weighted by molar-refractivity contribution is 9.10. The second-order valence-electron chi connectivity index (χ2n) is 9.83. The molecular weight excluding hydrogens is 572 g/mol. The molecule has 2 aliphatic rings. The molecule has 13 nitrogen and oxygen atoms in total. The van der Waals surface area contributed by atoms with Gasteiger partial charge in [0.25, 0.3) is 0 Å². The van der Waals surface area contributed by atoms with Crippen LogP contribution in [0.4, 0.5) is 23.1 Å². The molecule has 1 aromatic heterocycles. The van der Waals surface area contributed by atoms with Gasteiger partial charge in [0.05, 0.1) is 17.6 Å². The summed E-state index contributed by atoms with van der Waals surface area (Å²) in [5.41, 5.74) is 5.50. The third-order valence-electron chi connectivity index (χ3n) is 6.58. The number of esters is 1. The summed E-state index contributed by atoms with van der Waals surface area (Å²) in [5, 5.41) is 12.1. The lowest BCUT2D eigenvalue weighted by molar-refractivity contribution is -0.156. The molecule has 208 valence electrons. The van der Waals surface area contributed by atoms with Crippen LogP contribution in [0.15, 0.2) is 34.9 Å². The number of nitrogens with zero attached hydrogens (tertiary/aromatic N) is 3. The first-order valence-corrected chi connectivity index (χ1v) is 13.3. The van der Waals surface area contributed by atoms with Crippen LogP contribution in [-0.2, 0) is 23.9 Å². The van der Waals surface area contributed by atoms with Gasteiger partial charge in [-0.3, -0.25) is 14.4 Å². The van der Waals surface area contributed by atoms with Gasteiger partial charge < -0.3 is 36.6 Å². The number of morpholine rings is 1. The van der Waals surface area contributed by atoms with Crippen molar-refractivity contribution in [1.82, 2.24) is 20.2 Å². The van der Waals surface area contributed by atoms with Crippen LogP contribution in [0.2, 0.25) is 0 Å². The number of benzene rings is 1. The van der Waals surface area contributed by atoms with Crippen LogP contribution in [0.25, 0.3) is 0 Å². The summed E-state index contributed by atoms with van der Waals surface area (Å²) in [6.07, 6.45) is 2.62. The SMILES string of the molecule is CC(C)(C(N)=O)C(=O)NCCCNc1nc(Nc2ccc(NCC(=O)N3CC4CC3C(=O)O4)cc2)ncc1Br. The number of hydrogen-bond acceptors (Lipinski definition) is 10. The first kappa shape index (κ1) is 28.1. The maximum absolute atomic E-state index is 12.5. The number of primary amides is 1. The predicted molar refractivity (Wildman–Crippen MR) is 147 cm³/mol. The lowest BCUT2D eigenvalue weighted by Crippen LogP contribution is -2.46. The third kappa shape index (κ3) is 6.74. The summed E-state index contributed by atoms with van der Waals surface area (Å²) in [6.45, 7) is 4.40. The topological polar surface area (TPSA) is 181 Å². The molecule has 0 spiro atoms. The van der Waals surface area contributed by atoms with Crippen molar-refractivity contribution in [3.63, 3.8) is 0 Å². The number of hydrogen-bond donors (Lipinski definition) is 5. The maximum Gasteiger partial charge on any atom is 0.329 e. The average Bonchev–Trinajstić information content (AvgIpc) is 3.49. The van der Waals surface area contributed by atoms with Gasteiger partial charge in [0.2, 0.25) is 23.7 Å². The Labute approximate surface area is 233 Å². The van der Waals surface area contributed by atoms with Crippen LogP contribution in [-0.4, -0.2) is 76.9 Å². The summed E-state index contributed by atoms with van der Waals surface area (Å²) >= 11 is 3.43. The average molecular weight is 603 g/mol. The molecule has 2 unspecified atom stereocenters. The van der Waals surface area contributed by atoms with E-state index in [4.69, 9.17) is 10.5 Å². The highest BCUT2D eigenvalue weighted by atomic mass is 79.9. The summed E-state index contributed by atoms with van der Waals surface area (Å²) in [7, 11) is 0. The van der Waals surface area contributed by atoms with E-state index >= 15 is 0 Å². The number of nitrogens with two attached hydrogens (primary N) is 1. The predicted octanol–water partition coefficient (Wildman–Crippen LogP) is 1.35. The minimum Gasteiger partial charge on any atom is -0.459 e. The minimum atomic E-state index is -1.26. The van der Waals surface area contributed by atoms with E-state index in [9.17, 15) is 19.2 Å². The number of aromatic nitrogens is 2. The lowest BCUT2D eigenvalue weighted by Gasteiger charge is -2.25. The monoisotopic (exact) mass is 602 g/mol. The van der Waals surface area contributed by atoms with Gasteiger partial charge in [-0.2, -0.15) is 4.98 Å². The van der Waals surface area contributed by atoms with Crippen LogP contribution in [0.3, 0.4) is 0 Å². The molecule has 2 aliphatic heterocycles. The first-order chi connectivity index (χ1) is 18.5. The van der Waals surface area contributed by atoms with E-state index in [1.54, 1.807) is 11.1 Å². The van der Waals surface area contributed by atoms with Gasteiger partial charge in [-0.05, 0) is 60.5 Å². The van der Waals surface area contributed by atoms with Gasteiger partial charge in [0, 0.05) is 37.1 Å². The van der Waals surface area contributed by atoms with Crippen molar-refractivity contribution in [3.8, 4) is 0 Å². The summed E-state index contributed by atoms with van der Waals surface area (Å²) in [6, 6.07) is 6.85. The molecule has 2 saturated heterocycles. The highest BCUT2D eigenvalue weighted by Gasteiger charge is 2.48. The van der Waals surface area contributed by atoms with Crippen LogP contribution in [0.5, 0.6) is 0 Å². The van der Waals surface area contributed by atoms with Gasteiger partial charge in [0.15, 0.2) is 0 Å². The van der Waals surface area contributed by atoms with Crippen LogP contribution >= 0.6 is 15.9 Å². The number of carbonyl (C=O) groups is 4. The quantitative estimate of drug-likeness (QED) is 0.135. The van der Waals surface area contributed by atoms with Crippen molar-refractivity contribution >= 4 is 62.8 Å². The van der Waals surface area contributed by atoms with Crippen molar-refractivity contribution < 1.29 is 23.9 Å². The minimum absolute atomic E-state index is 0.0840. The van der Waals surface area contributed by atoms with Crippen LogP contribution in [0, 0.1) is 5.41 Å². The van der Waals surface area contributed by atoms with Crippen molar-refractivity contribution in [2.75, 3.05) is 42.1 Å². The number of anilines is 4. The molecule has 1 aromatic carbocycles. The Morgan fingerprint density at radius 3 is 2.54 bits per heavy atom. The van der Waals surface area contributed by atoms with E-state index in [-0.39, 0.29) is 24.5 Å². The van der Waals surface area contributed by atoms with Crippen molar-refractivity contribution in [1.29, 1.82) is 0 Å². The highest BCUT2D eigenvalue weighted by Crippen LogP contribution is 2.29. The zero-order chi connectivity index (χ0) is 28.2. The number of nitrogens with one attached hydrogen (secondary N) is 4. The Hall–Kier alpha value is -3.94. The molecule has 3 heterocycles. The molecule has 6 N–H and O–H groups in total. The van der Waals surface area contributed by atoms with Gasteiger partial charge in [-0.1, -0.05) is 0 Å². The van der Waals surface area contributed by atoms with Crippen molar-refractivity contribution in [2.45, 2.75) is 38.8 Å². The maximum atomic E-state index is 12.5. The molecule has 2 fully saturated rings. The number of rotatable bonds is 12. The molecule has 39 heavy (non-hydrogen) atoms. The largest absolute Gasteiger partial charge is 0.459 e.